The molecule has 0 N–H and O–H groups in total. The lowest BCUT2D eigenvalue weighted by Crippen LogP contribution is -2.68. The Kier molecular flexibility index (Phi) is 2.88. The van der Waals surface area contributed by atoms with Gasteiger partial charge in [0.1, 0.15) is 0 Å². The van der Waals surface area contributed by atoms with Crippen molar-refractivity contribution >= 4 is 17.4 Å². The Morgan fingerprint density at radius 2 is 2.25 bits per heavy atom. The number of carbonyl (C=O) groups excluding carboxylic acids is 1. The summed E-state index contributed by atoms with van der Waals surface area (Å²) in [6.45, 7) is 4.09. The second kappa shape index (κ2) is 4.79. The number of aliphatic imine (C=N–C) groups is 1. The molecule has 4 atom stereocenters. The van der Waals surface area contributed by atoms with Crippen molar-refractivity contribution in [1.29, 1.82) is 0 Å². The van der Waals surface area contributed by atoms with E-state index in [1.165, 1.54) is 24.0 Å². The highest BCUT2D eigenvalue weighted by Crippen LogP contribution is 2.60. The van der Waals surface area contributed by atoms with Gasteiger partial charge in [0.2, 0.25) is 0 Å². The predicted octanol–water partition coefficient (Wildman–Crippen LogP) is 2.85. The van der Waals surface area contributed by atoms with E-state index in [1.807, 2.05) is 6.07 Å². The molecule has 124 valence electrons. The van der Waals surface area contributed by atoms with Gasteiger partial charge in [-0.1, -0.05) is 29.8 Å². The molecular formula is C20H22N2O2. The minimum atomic E-state index is -0.261. The smallest absolute Gasteiger partial charge is 0.310 e. The van der Waals surface area contributed by atoms with Crippen LogP contribution in [0, 0.1) is 11.8 Å². The molecule has 1 aliphatic carbocycles. The van der Waals surface area contributed by atoms with Crippen LogP contribution >= 0.6 is 0 Å². The van der Waals surface area contributed by atoms with Gasteiger partial charge in [-0.15, -0.1) is 0 Å². The maximum Gasteiger partial charge on any atom is 0.310 e. The second-order valence-corrected chi connectivity index (χ2v) is 7.43. The highest BCUT2D eigenvalue weighted by Gasteiger charge is 2.65. The fraction of sp³-hybridized carbons (Fsp3) is 0.500. The molecule has 1 aromatic rings. The fourth-order valence-corrected chi connectivity index (χ4v) is 5.77. The minimum absolute atomic E-state index is 0.0717. The fourth-order valence-electron chi connectivity index (χ4n) is 5.77. The SMILES string of the molecule is C/C=C1/CN2CC[C@@]34C(=Nc5ccccc53)[C@H]2C[C@H]1[C@@H]4C(=O)OC. The van der Waals surface area contributed by atoms with Crippen LogP contribution in [-0.4, -0.2) is 42.8 Å². The lowest BCUT2D eigenvalue weighted by Gasteiger charge is -2.59. The van der Waals surface area contributed by atoms with Crippen molar-refractivity contribution in [3.05, 3.63) is 41.5 Å². The van der Waals surface area contributed by atoms with Crippen LogP contribution < -0.4 is 0 Å². The molecule has 0 unspecified atom stereocenters. The number of allylic oxidation sites excluding steroid dienone is 1. The zero-order chi connectivity index (χ0) is 16.5. The van der Waals surface area contributed by atoms with Crippen LogP contribution in [0.1, 0.15) is 25.3 Å². The first-order valence-electron chi connectivity index (χ1n) is 8.86. The molecule has 24 heavy (non-hydrogen) atoms. The van der Waals surface area contributed by atoms with E-state index in [2.05, 4.69) is 36.1 Å². The maximum atomic E-state index is 12.9. The Balaban J connectivity index is 1.79. The maximum absolute atomic E-state index is 12.9. The molecular weight excluding hydrogens is 300 g/mol. The van der Waals surface area contributed by atoms with Crippen molar-refractivity contribution in [3.8, 4) is 0 Å². The van der Waals surface area contributed by atoms with Crippen molar-refractivity contribution in [2.24, 2.45) is 16.8 Å². The van der Waals surface area contributed by atoms with E-state index < -0.39 is 0 Å². The molecule has 4 nitrogen and oxygen atoms in total. The molecule has 2 saturated heterocycles. The quantitative estimate of drug-likeness (QED) is 0.590. The Hall–Kier alpha value is -1.94. The van der Waals surface area contributed by atoms with Gasteiger partial charge in [-0.2, -0.15) is 0 Å². The van der Waals surface area contributed by atoms with Gasteiger partial charge >= 0.3 is 5.97 Å². The van der Waals surface area contributed by atoms with E-state index in [9.17, 15) is 4.79 Å². The van der Waals surface area contributed by atoms with E-state index in [-0.39, 0.29) is 23.2 Å². The minimum Gasteiger partial charge on any atom is -0.469 e. The van der Waals surface area contributed by atoms with Gasteiger partial charge in [-0.05, 0) is 37.3 Å². The van der Waals surface area contributed by atoms with Crippen LogP contribution in [0.5, 0.6) is 0 Å². The summed E-state index contributed by atoms with van der Waals surface area (Å²) in [5.41, 5.74) is 4.64. The normalized spacial score (nSPS) is 37.8. The monoisotopic (exact) mass is 322 g/mol. The lowest BCUT2D eigenvalue weighted by molar-refractivity contribution is -0.151. The van der Waals surface area contributed by atoms with Crippen LogP contribution in [0.25, 0.3) is 0 Å². The number of hydrogen-bond acceptors (Lipinski definition) is 4. The van der Waals surface area contributed by atoms with Gasteiger partial charge in [-0.3, -0.25) is 14.7 Å². The molecule has 0 radical (unpaired) electrons. The number of piperidine rings is 2. The molecule has 5 rings (SSSR count). The van der Waals surface area contributed by atoms with Gasteiger partial charge in [0.25, 0.3) is 0 Å². The predicted molar refractivity (Wildman–Crippen MR) is 92.6 cm³/mol. The Bertz CT molecular complexity index is 797. The molecule has 1 aromatic carbocycles. The van der Waals surface area contributed by atoms with Crippen LogP contribution in [0.4, 0.5) is 5.69 Å². The van der Waals surface area contributed by atoms with Gasteiger partial charge in [-0.25, -0.2) is 0 Å². The van der Waals surface area contributed by atoms with Crippen molar-refractivity contribution in [3.63, 3.8) is 0 Å². The van der Waals surface area contributed by atoms with Crippen LogP contribution in [0.15, 0.2) is 40.9 Å². The Morgan fingerprint density at radius 3 is 3.04 bits per heavy atom. The number of methoxy groups -OCH3 is 1. The Morgan fingerprint density at radius 1 is 1.42 bits per heavy atom. The average molecular weight is 322 g/mol. The van der Waals surface area contributed by atoms with Crippen molar-refractivity contribution in [2.45, 2.75) is 31.2 Å². The van der Waals surface area contributed by atoms with Crippen LogP contribution in [-0.2, 0) is 14.9 Å². The zero-order valence-electron chi connectivity index (χ0n) is 14.2. The summed E-state index contributed by atoms with van der Waals surface area (Å²) in [5.74, 6) is 0.0569. The van der Waals surface area contributed by atoms with Crippen LogP contribution in [0.3, 0.4) is 0 Å². The van der Waals surface area contributed by atoms with E-state index in [0.717, 1.165) is 31.6 Å². The molecule has 1 saturated carbocycles. The number of ether oxygens (including phenoxy) is 1. The molecule has 0 amide bonds. The zero-order valence-corrected chi connectivity index (χ0v) is 14.2. The molecule has 3 aliphatic heterocycles. The molecule has 3 bridgehead atoms. The molecule has 4 heteroatoms. The first-order valence-corrected chi connectivity index (χ1v) is 8.86. The second-order valence-electron chi connectivity index (χ2n) is 7.43. The number of hydrogen-bond donors (Lipinski definition) is 0. The van der Waals surface area contributed by atoms with E-state index in [1.54, 1.807) is 0 Å². The largest absolute Gasteiger partial charge is 0.469 e. The van der Waals surface area contributed by atoms with Crippen molar-refractivity contribution < 1.29 is 9.53 Å². The van der Waals surface area contributed by atoms with E-state index >= 15 is 0 Å². The summed E-state index contributed by atoms with van der Waals surface area (Å²) >= 11 is 0. The molecule has 4 aliphatic rings. The third kappa shape index (κ3) is 1.53. The summed E-state index contributed by atoms with van der Waals surface area (Å²) in [7, 11) is 1.52. The summed E-state index contributed by atoms with van der Waals surface area (Å²) < 4.78 is 5.31. The number of nitrogens with zero attached hydrogens (tertiary/aromatic N) is 2. The van der Waals surface area contributed by atoms with Crippen molar-refractivity contribution in [1.82, 2.24) is 4.90 Å². The average Bonchev–Trinajstić information content (AvgIpc) is 2.96. The third-order valence-corrected chi connectivity index (χ3v) is 6.73. The molecule has 3 fully saturated rings. The van der Waals surface area contributed by atoms with Crippen molar-refractivity contribution in [2.75, 3.05) is 20.2 Å². The van der Waals surface area contributed by atoms with Gasteiger partial charge in [0.15, 0.2) is 0 Å². The summed E-state index contributed by atoms with van der Waals surface area (Å²) in [6.07, 6.45) is 4.17. The number of carbonyl (C=O) groups is 1. The topological polar surface area (TPSA) is 41.9 Å². The standard InChI is InChI=1S/C20H22N2O2/c1-3-12-11-22-9-8-20-14-6-4-5-7-15(14)21-18(20)16(22)10-13(12)17(20)19(23)24-2/h3-7,13,16-17H,8-11H2,1-2H3/b12-3-/t13-,16-,17-,20-/m1/s1. The lowest BCUT2D eigenvalue weighted by atomic mass is 9.51. The van der Waals surface area contributed by atoms with E-state index in [0.29, 0.717) is 6.04 Å². The number of benzene rings is 1. The van der Waals surface area contributed by atoms with Gasteiger partial charge in [0.05, 0.1) is 24.1 Å². The van der Waals surface area contributed by atoms with Crippen LogP contribution in [0.2, 0.25) is 0 Å². The highest BCUT2D eigenvalue weighted by atomic mass is 16.5. The summed E-state index contributed by atoms with van der Waals surface area (Å²) in [4.78, 5) is 20.5. The first kappa shape index (κ1) is 14.4. The number of para-hydroxylation sites is 1. The summed E-state index contributed by atoms with van der Waals surface area (Å²) in [5, 5.41) is 0. The van der Waals surface area contributed by atoms with Gasteiger partial charge < -0.3 is 4.74 Å². The van der Waals surface area contributed by atoms with E-state index in [4.69, 9.17) is 9.73 Å². The number of rotatable bonds is 1. The molecule has 3 heterocycles. The molecule has 0 aromatic heterocycles. The van der Waals surface area contributed by atoms with Gasteiger partial charge in [0, 0.05) is 24.8 Å². The summed E-state index contributed by atoms with van der Waals surface area (Å²) in [6, 6.07) is 8.76. The molecule has 0 spiro atoms. The third-order valence-electron chi connectivity index (χ3n) is 6.73. The first-order chi connectivity index (χ1) is 11.7. The number of fused-ring (bicyclic) bond motifs is 2. The highest BCUT2D eigenvalue weighted by molar-refractivity contribution is 6.09. The Labute approximate surface area is 142 Å². The number of esters is 1.